The summed E-state index contributed by atoms with van der Waals surface area (Å²) in [4.78, 5) is 0. The Balaban J connectivity index is -0.000000149. The van der Waals surface area contributed by atoms with E-state index >= 15 is 0 Å². The molecule has 0 rings (SSSR count). The van der Waals surface area contributed by atoms with E-state index in [0.29, 0.717) is 0 Å². The molecule has 60 valence electrons. The van der Waals surface area contributed by atoms with Crippen molar-refractivity contribution in [2.75, 3.05) is 21.3 Å². The third-order valence-electron chi connectivity index (χ3n) is 0.577. The average molecular weight is 197 g/mol. The first-order valence-corrected chi connectivity index (χ1v) is 3.75. The van der Waals surface area contributed by atoms with Gasteiger partial charge in [-0.05, 0) is 0 Å². The Morgan fingerprint density at radius 1 is 1.00 bits per heavy atom. The van der Waals surface area contributed by atoms with Gasteiger partial charge in [-0.25, -0.2) is 0 Å². The fourth-order valence-corrected chi connectivity index (χ4v) is 0.866. The molecule has 0 saturated carbocycles. The first-order valence-electron chi connectivity index (χ1n) is 2.34. The van der Waals surface area contributed by atoms with E-state index in [9.17, 15) is 0 Å². The van der Waals surface area contributed by atoms with Gasteiger partial charge in [0, 0.05) is 43.0 Å². The van der Waals surface area contributed by atoms with Gasteiger partial charge < -0.3 is 19.9 Å². The molecule has 5 heteroatoms. The van der Waals surface area contributed by atoms with Crippen molar-refractivity contribution in [2.24, 2.45) is 0 Å². The number of hydrogen-bond donors (Lipinski definition) is 0. The van der Waals surface area contributed by atoms with E-state index in [-0.39, 0.29) is 21.7 Å². The van der Waals surface area contributed by atoms with Gasteiger partial charge in [-0.3, -0.25) is 6.58 Å². The predicted molar refractivity (Wildman–Crippen MR) is 38.1 cm³/mol. The van der Waals surface area contributed by atoms with E-state index in [1.54, 1.807) is 21.3 Å². The molecule has 0 spiro atoms. The molecular formula is C5H13O3SiTi-. The second-order valence-electron chi connectivity index (χ2n) is 0.996. The van der Waals surface area contributed by atoms with Crippen molar-refractivity contribution < 1.29 is 35.0 Å². The molecule has 0 aliphatic rings. The molecule has 0 radical (unpaired) electrons. The largest absolute Gasteiger partial charge is 0.521 e. The predicted octanol–water partition coefficient (Wildman–Crippen LogP) is 0.246. The van der Waals surface area contributed by atoms with Crippen LogP contribution < -0.4 is 0 Å². The van der Waals surface area contributed by atoms with E-state index in [0.717, 1.165) is 0 Å². The van der Waals surface area contributed by atoms with E-state index in [1.807, 2.05) is 0 Å². The van der Waals surface area contributed by atoms with Crippen LogP contribution in [0.15, 0.2) is 6.58 Å². The summed E-state index contributed by atoms with van der Waals surface area (Å²) < 4.78 is 14.2. The summed E-state index contributed by atoms with van der Waals surface area (Å²) in [7, 11) is 3.05. The smallest absolute Gasteiger partial charge is 0.483 e. The summed E-state index contributed by atoms with van der Waals surface area (Å²) in [6.45, 7) is 7.00. The number of rotatable bonds is 3. The normalized spacial score (nSPS) is 7.60. The molecule has 0 aromatic carbocycles. The molecular weight excluding hydrogens is 184 g/mol. The number of hydrogen-bond acceptors (Lipinski definition) is 3. The van der Waals surface area contributed by atoms with Gasteiger partial charge >= 0.3 is 9.53 Å². The summed E-state index contributed by atoms with van der Waals surface area (Å²) in [5.74, 6) is 0. The Hall–Kier alpha value is 0.551. The minimum absolute atomic E-state index is 0. The zero-order valence-electron chi connectivity index (χ0n) is 6.59. The summed E-state index contributed by atoms with van der Waals surface area (Å²) in [5, 5.41) is 0. The molecule has 3 nitrogen and oxygen atoms in total. The fourth-order valence-electron chi connectivity index (χ4n) is 0.289. The van der Waals surface area contributed by atoms with Gasteiger partial charge in [0.05, 0.1) is 0 Å². The second kappa shape index (κ2) is 16.3. The molecule has 0 unspecified atom stereocenters. The molecule has 0 bridgehead atoms. The Kier molecular flexibility index (Phi) is 27.5. The van der Waals surface area contributed by atoms with Gasteiger partial charge in [0.15, 0.2) is 0 Å². The molecule has 0 aromatic heterocycles. The van der Waals surface area contributed by atoms with Gasteiger partial charge in [0.1, 0.15) is 0 Å². The molecule has 0 fully saturated rings. The van der Waals surface area contributed by atoms with Gasteiger partial charge in [-0.15, -0.1) is 0 Å². The maximum absolute atomic E-state index is 4.74. The molecule has 0 N–H and O–H groups in total. The van der Waals surface area contributed by atoms with Crippen LogP contribution in [0.2, 0.25) is 0 Å². The second-order valence-corrected chi connectivity index (χ2v) is 2.99. The first kappa shape index (κ1) is 16.9. The van der Waals surface area contributed by atoms with Crippen molar-refractivity contribution in [3.63, 3.8) is 0 Å². The van der Waals surface area contributed by atoms with Crippen molar-refractivity contribution in [2.45, 2.75) is 0 Å². The molecule has 0 aromatic rings. The summed E-state index contributed by atoms with van der Waals surface area (Å²) >= 11 is 0. The standard InChI is InChI=1S/C3H10O3Si.C2H3.Ti/c1-4-7(5-2)6-3;1-2;/h7H,1-3H3;1H,2H2;/q;-1;. The van der Waals surface area contributed by atoms with Gasteiger partial charge in [0.2, 0.25) is 0 Å². The molecule has 0 saturated heterocycles. The quantitative estimate of drug-likeness (QED) is 0.479. The molecule has 0 aliphatic carbocycles. The van der Waals surface area contributed by atoms with Crippen LogP contribution in [0.3, 0.4) is 0 Å². The van der Waals surface area contributed by atoms with E-state index in [2.05, 4.69) is 13.2 Å². The monoisotopic (exact) mass is 197 g/mol. The topological polar surface area (TPSA) is 27.7 Å². The summed E-state index contributed by atoms with van der Waals surface area (Å²) in [6, 6.07) is 0. The van der Waals surface area contributed by atoms with Crippen molar-refractivity contribution in [1.82, 2.24) is 0 Å². The van der Waals surface area contributed by atoms with Gasteiger partial charge in [-0.1, -0.05) is 0 Å². The first-order chi connectivity index (χ1) is 4.35. The molecule has 0 heterocycles. The zero-order valence-corrected chi connectivity index (χ0v) is 9.30. The van der Waals surface area contributed by atoms with Crippen molar-refractivity contribution >= 4 is 9.53 Å². The van der Waals surface area contributed by atoms with Crippen LogP contribution in [0, 0.1) is 6.58 Å². The molecule has 10 heavy (non-hydrogen) atoms. The van der Waals surface area contributed by atoms with Crippen LogP contribution in [0.5, 0.6) is 0 Å². The average Bonchev–Trinajstić information content (AvgIpc) is 1.96. The van der Waals surface area contributed by atoms with Crippen LogP contribution in [0.1, 0.15) is 0 Å². The Morgan fingerprint density at radius 2 is 1.20 bits per heavy atom. The Bertz CT molecular complexity index is 46.6. The third kappa shape index (κ3) is 11.4. The molecule has 0 atom stereocenters. The Morgan fingerprint density at radius 3 is 1.20 bits per heavy atom. The van der Waals surface area contributed by atoms with E-state index in [1.165, 1.54) is 0 Å². The van der Waals surface area contributed by atoms with Crippen molar-refractivity contribution in [1.29, 1.82) is 0 Å². The summed E-state index contributed by atoms with van der Waals surface area (Å²) in [6.07, 6.45) is 0. The van der Waals surface area contributed by atoms with Gasteiger partial charge in [-0.2, -0.15) is 0 Å². The van der Waals surface area contributed by atoms with Crippen LogP contribution >= 0.6 is 0 Å². The minimum Gasteiger partial charge on any atom is -0.521 e. The minimum atomic E-state index is -1.67. The van der Waals surface area contributed by atoms with Crippen LogP contribution in [0.25, 0.3) is 0 Å². The fraction of sp³-hybridized carbons (Fsp3) is 0.600. The van der Waals surface area contributed by atoms with Gasteiger partial charge in [0.25, 0.3) is 0 Å². The van der Waals surface area contributed by atoms with Crippen molar-refractivity contribution in [3.05, 3.63) is 13.2 Å². The van der Waals surface area contributed by atoms with E-state index in [4.69, 9.17) is 13.3 Å². The molecule has 0 amide bonds. The van der Waals surface area contributed by atoms with Crippen LogP contribution in [0.4, 0.5) is 0 Å². The SMILES string of the molecule is CO[SiH](OC)OC.[CH-]=C.[Ti]. The molecule has 0 aliphatic heterocycles. The third-order valence-corrected chi connectivity index (χ3v) is 1.73. The van der Waals surface area contributed by atoms with E-state index < -0.39 is 9.53 Å². The zero-order chi connectivity index (χ0) is 7.70. The Labute approximate surface area is 79.2 Å². The maximum Gasteiger partial charge on any atom is 0.483 e. The van der Waals surface area contributed by atoms with Crippen LogP contribution in [-0.2, 0) is 35.0 Å². The van der Waals surface area contributed by atoms with Crippen LogP contribution in [-0.4, -0.2) is 30.9 Å². The maximum atomic E-state index is 4.74. The van der Waals surface area contributed by atoms with Crippen molar-refractivity contribution in [3.8, 4) is 0 Å². The summed E-state index contributed by atoms with van der Waals surface area (Å²) in [5.41, 5.74) is 0.